The molecule has 1 N–H and O–H groups in total. The Morgan fingerprint density at radius 3 is 3.06 bits per heavy atom. The maximum atomic E-state index is 10.7. The predicted octanol–water partition coefficient (Wildman–Crippen LogP) is 1.31. The van der Waals surface area contributed by atoms with Crippen molar-refractivity contribution in [3.63, 3.8) is 0 Å². The van der Waals surface area contributed by atoms with Crippen LogP contribution in [0.25, 0.3) is 0 Å². The first-order valence-electron chi connectivity index (χ1n) is 5.39. The number of fused-ring (bicyclic) bond motifs is 1. The standard InChI is InChI=1S/C11H16N2O3/c1-13(2)9-3-7(5-11(14)15)4-10-8(9)6-12-16-10/h6-7,9H,3-5H2,1-2H3,(H,14,15). The van der Waals surface area contributed by atoms with Crippen molar-refractivity contribution < 1.29 is 14.4 Å². The fourth-order valence-corrected chi connectivity index (χ4v) is 2.38. The molecule has 2 atom stereocenters. The first-order chi connectivity index (χ1) is 7.58. The molecule has 0 amide bonds. The second-order valence-electron chi connectivity index (χ2n) is 4.59. The highest BCUT2D eigenvalue weighted by atomic mass is 16.5. The minimum atomic E-state index is -0.745. The van der Waals surface area contributed by atoms with Gasteiger partial charge in [-0.25, -0.2) is 0 Å². The summed E-state index contributed by atoms with van der Waals surface area (Å²) in [7, 11) is 3.98. The molecule has 0 aliphatic heterocycles. The third-order valence-corrected chi connectivity index (χ3v) is 3.15. The predicted molar refractivity (Wildman–Crippen MR) is 57.0 cm³/mol. The minimum Gasteiger partial charge on any atom is -0.481 e. The SMILES string of the molecule is CN(C)C1CC(CC(=O)O)Cc2oncc21. The summed E-state index contributed by atoms with van der Waals surface area (Å²) in [5, 5.41) is 12.6. The Hall–Kier alpha value is -1.36. The molecule has 1 aliphatic rings. The fourth-order valence-electron chi connectivity index (χ4n) is 2.38. The van der Waals surface area contributed by atoms with Crippen LogP contribution in [0.4, 0.5) is 0 Å². The molecule has 0 radical (unpaired) electrons. The molecule has 5 nitrogen and oxygen atoms in total. The van der Waals surface area contributed by atoms with Crippen molar-refractivity contribution >= 4 is 5.97 Å². The molecule has 0 saturated carbocycles. The van der Waals surface area contributed by atoms with Crippen molar-refractivity contribution in [1.82, 2.24) is 10.1 Å². The number of aromatic nitrogens is 1. The molecular formula is C11H16N2O3. The Bertz CT molecular complexity index is 386. The van der Waals surface area contributed by atoms with Gasteiger partial charge in [-0.2, -0.15) is 0 Å². The van der Waals surface area contributed by atoms with E-state index in [0.29, 0.717) is 6.42 Å². The molecule has 1 heterocycles. The average molecular weight is 224 g/mol. The van der Waals surface area contributed by atoms with Crippen LogP contribution in [-0.2, 0) is 11.2 Å². The molecule has 0 spiro atoms. The van der Waals surface area contributed by atoms with E-state index in [4.69, 9.17) is 9.63 Å². The van der Waals surface area contributed by atoms with Crippen molar-refractivity contribution in [3.8, 4) is 0 Å². The largest absolute Gasteiger partial charge is 0.481 e. The van der Waals surface area contributed by atoms with Gasteiger partial charge in [0.2, 0.25) is 0 Å². The Morgan fingerprint density at radius 1 is 1.69 bits per heavy atom. The van der Waals surface area contributed by atoms with Gasteiger partial charge in [-0.05, 0) is 26.4 Å². The molecule has 0 fully saturated rings. The number of aliphatic carboxylic acids is 1. The van der Waals surface area contributed by atoms with E-state index >= 15 is 0 Å². The van der Waals surface area contributed by atoms with Crippen molar-refractivity contribution in [2.45, 2.75) is 25.3 Å². The topological polar surface area (TPSA) is 66.6 Å². The smallest absolute Gasteiger partial charge is 0.303 e. The van der Waals surface area contributed by atoms with Crippen molar-refractivity contribution in [2.75, 3.05) is 14.1 Å². The highest BCUT2D eigenvalue weighted by Crippen LogP contribution is 2.37. The Labute approximate surface area is 94.0 Å². The Morgan fingerprint density at radius 2 is 2.44 bits per heavy atom. The van der Waals surface area contributed by atoms with Gasteiger partial charge >= 0.3 is 5.97 Å². The molecular weight excluding hydrogens is 208 g/mol. The summed E-state index contributed by atoms with van der Waals surface area (Å²) in [5.74, 6) is 0.243. The monoisotopic (exact) mass is 224 g/mol. The third-order valence-electron chi connectivity index (χ3n) is 3.15. The van der Waals surface area contributed by atoms with Gasteiger partial charge in [0.05, 0.1) is 6.20 Å². The van der Waals surface area contributed by atoms with E-state index < -0.39 is 5.97 Å². The van der Waals surface area contributed by atoms with Gasteiger partial charge in [-0.3, -0.25) is 4.79 Å². The van der Waals surface area contributed by atoms with Crippen LogP contribution in [0, 0.1) is 5.92 Å². The average Bonchev–Trinajstić information content (AvgIpc) is 2.62. The first kappa shape index (κ1) is 11.1. The molecule has 0 bridgehead atoms. The lowest BCUT2D eigenvalue weighted by molar-refractivity contribution is -0.138. The lowest BCUT2D eigenvalue weighted by Gasteiger charge is -2.31. The highest BCUT2D eigenvalue weighted by Gasteiger charge is 2.32. The summed E-state index contributed by atoms with van der Waals surface area (Å²) in [6.45, 7) is 0. The number of carboxylic acids is 1. The van der Waals surface area contributed by atoms with E-state index in [9.17, 15) is 4.79 Å². The minimum absolute atomic E-state index is 0.144. The molecule has 16 heavy (non-hydrogen) atoms. The zero-order valence-corrected chi connectivity index (χ0v) is 9.51. The van der Waals surface area contributed by atoms with E-state index in [0.717, 1.165) is 17.7 Å². The lowest BCUT2D eigenvalue weighted by atomic mass is 9.82. The van der Waals surface area contributed by atoms with Gasteiger partial charge in [0, 0.05) is 24.4 Å². The van der Waals surface area contributed by atoms with Gasteiger partial charge < -0.3 is 14.5 Å². The zero-order chi connectivity index (χ0) is 11.7. The maximum absolute atomic E-state index is 10.7. The summed E-state index contributed by atoms with van der Waals surface area (Å²) in [5.41, 5.74) is 1.10. The quantitative estimate of drug-likeness (QED) is 0.838. The van der Waals surface area contributed by atoms with Gasteiger partial charge in [0.25, 0.3) is 0 Å². The molecule has 1 aromatic heterocycles. The van der Waals surface area contributed by atoms with Gasteiger partial charge in [0.1, 0.15) is 5.76 Å². The fraction of sp³-hybridized carbons (Fsp3) is 0.636. The summed E-state index contributed by atoms with van der Waals surface area (Å²) < 4.78 is 5.18. The second kappa shape index (κ2) is 4.25. The van der Waals surface area contributed by atoms with E-state index in [1.165, 1.54) is 0 Å². The van der Waals surface area contributed by atoms with Crippen LogP contribution in [0.3, 0.4) is 0 Å². The molecule has 5 heteroatoms. The summed E-state index contributed by atoms with van der Waals surface area (Å²) in [6.07, 6.45) is 3.49. The molecule has 2 unspecified atom stereocenters. The first-order valence-corrected chi connectivity index (χ1v) is 5.39. The van der Waals surface area contributed by atoms with Crippen LogP contribution in [0.5, 0.6) is 0 Å². The summed E-state index contributed by atoms with van der Waals surface area (Å²) in [6, 6.07) is 0.222. The normalized spacial score (nSPS) is 24.4. The molecule has 1 aromatic rings. The van der Waals surface area contributed by atoms with Crippen molar-refractivity contribution in [1.29, 1.82) is 0 Å². The Kier molecular flexibility index (Phi) is 2.96. The van der Waals surface area contributed by atoms with E-state index in [2.05, 4.69) is 10.1 Å². The van der Waals surface area contributed by atoms with E-state index in [-0.39, 0.29) is 18.4 Å². The van der Waals surface area contributed by atoms with E-state index in [1.54, 1.807) is 6.20 Å². The van der Waals surface area contributed by atoms with Crippen molar-refractivity contribution in [3.05, 3.63) is 17.5 Å². The van der Waals surface area contributed by atoms with Gasteiger partial charge in [-0.1, -0.05) is 5.16 Å². The van der Waals surface area contributed by atoms with Crippen LogP contribution in [-0.4, -0.2) is 35.2 Å². The molecule has 0 saturated heterocycles. The second-order valence-corrected chi connectivity index (χ2v) is 4.59. The third kappa shape index (κ3) is 2.09. The van der Waals surface area contributed by atoms with Crippen molar-refractivity contribution in [2.24, 2.45) is 5.92 Å². The van der Waals surface area contributed by atoms with Crippen LogP contribution >= 0.6 is 0 Å². The summed E-state index contributed by atoms with van der Waals surface area (Å²) >= 11 is 0. The Balaban J connectivity index is 2.20. The van der Waals surface area contributed by atoms with E-state index in [1.807, 2.05) is 14.1 Å². The number of hydrogen-bond donors (Lipinski definition) is 1. The van der Waals surface area contributed by atoms with Crippen LogP contribution in [0.15, 0.2) is 10.7 Å². The summed E-state index contributed by atoms with van der Waals surface area (Å²) in [4.78, 5) is 12.8. The molecule has 2 rings (SSSR count). The maximum Gasteiger partial charge on any atom is 0.303 e. The number of carbonyl (C=O) groups is 1. The molecule has 88 valence electrons. The van der Waals surface area contributed by atoms with Crippen LogP contribution in [0.2, 0.25) is 0 Å². The highest BCUT2D eigenvalue weighted by molar-refractivity contribution is 5.67. The van der Waals surface area contributed by atoms with Crippen LogP contribution in [0.1, 0.15) is 30.2 Å². The zero-order valence-electron chi connectivity index (χ0n) is 9.51. The van der Waals surface area contributed by atoms with Crippen LogP contribution < -0.4 is 0 Å². The lowest BCUT2D eigenvalue weighted by Crippen LogP contribution is -2.28. The van der Waals surface area contributed by atoms with Gasteiger partial charge in [-0.15, -0.1) is 0 Å². The van der Waals surface area contributed by atoms with Gasteiger partial charge in [0.15, 0.2) is 0 Å². The number of rotatable bonds is 3. The number of nitrogens with zero attached hydrogens (tertiary/aromatic N) is 2. The molecule has 0 aromatic carbocycles. The number of hydrogen-bond acceptors (Lipinski definition) is 4. The number of carboxylic acid groups (broad SMARTS) is 1. The molecule has 1 aliphatic carbocycles.